The molecule has 0 aliphatic heterocycles. The molecule has 1 radical (unpaired) electrons. The van der Waals surface area contributed by atoms with Crippen LogP contribution in [0.3, 0.4) is 0 Å². The Morgan fingerprint density at radius 2 is 1.65 bits per heavy atom. The van der Waals surface area contributed by atoms with Crippen LogP contribution in [0, 0.1) is 30.6 Å². The summed E-state index contributed by atoms with van der Waals surface area (Å²) in [6.45, 7) is 24.5. The minimum Gasteiger partial charge on any atom is -0.399 e. The van der Waals surface area contributed by atoms with Gasteiger partial charge in [-0.1, -0.05) is 60.0 Å². The second-order valence-corrected chi connectivity index (χ2v) is 7.94. The molecule has 0 saturated carbocycles. The number of rotatable bonds is 6. The van der Waals surface area contributed by atoms with Crippen molar-refractivity contribution in [3.05, 3.63) is 13.8 Å². The zero-order valence-electron chi connectivity index (χ0n) is 16.7. The molecule has 1 unspecified atom stereocenters. The molecular formula is C19H37NO2Y-2. The minimum absolute atomic E-state index is 0. The molecule has 3 nitrogen and oxygen atoms in total. The van der Waals surface area contributed by atoms with Gasteiger partial charge in [-0.2, -0.15) is 0 Å². The van der Waals surface area contributed by atoms with Gasteiger partial charge in [0, 0.05) is 38.1 Å². The average molecular weight is 400 g/mol. The van der Waals surface area contributed by atoms with Crippen molar-refractivity contribution in [1.82, 2.24) is 0 Å². The number of nitrogens with zero attached hydrogens (tertiary/aromatic N) is 1. The van der Waals surface area contributed by atoms with Crippen molar-refractivity contribution in [2.75, 3.05) is 6.61 Å². The third-order valence-corrected chi connectivity index (χ3v) is 2.94. The molecule has 0 heterocycles. The normalized spacial score (nSPS) is 13.4. The number of oxime groups is 1. The summed E-state index contributed by atoms with van der Waals surface area (Å²) in [5.41, 5.74) is 0.966. The monoisotopic (exact) mass is 400 g/mol. The van der Waals surface area contributed by atoms with E-state index >= 15 is 0 Å². The summed E-state index contributed by atoms with van der Waals surface area (Å²) in [6.07, 6.45) is 2.60. The Kier molecular flexibility index (Phi) is 16.5. The maximum Gasteiger partial charge on any atom is 0.111 e. The Balaban J connectivity index is -0.000000354. The molecule has 0 saturated heterocycles. The largest absolute Gasteiger partial charge is 0.399 e. The Bertz CT molecular complexity index is 338. The van der Waals surface area contributed by atoms with Crippen molar-refractivity contribution in [3.8, 4) is 0 Å². The number of carbonyl (C=O) groups is 1. The third kappa shape index (κ3) is 18.4. The second kappa shape index (κ2) is 13.5. The van der Waals surface area contributed by atoms with Crippen LogP contribution in [-0.2, 0) is 42.3 Å². The summed E-state index contributed by atoms with van der Waals surface area (Å²) in [7, 11) is 0. The number of hydrogen-bond acceptors (Lipinski definition) is 3. The van der Waals surface area contributed by atoms with E-state index in [-0.39, 0.29) is 55.2 Å². The van der Waals surface area contributed by atoms with Gasteiger partial charge in [0.05, 0.1) is 12.3 Å². The van der Waals surface area contributed by atoms with Crippen LogP contribution in [0.4, 0.5) is 0 Å². The first-order valence-corrected chi connectivity index (χ1v) is 8.17. The number of ketones is 1. The molecule has 0 aliphatic carbocycles. The Morgan fingerprint density at radius 1 is 1.17 bits per heavy atom. The van der Waals surface area contributed by atoms with E-state index in [4.69, 9.17) is 4.84 Å². The van der Waals surface area contributed by atoms with Gasteiger partial charge in [-0.25, -0.2) is 0 Å². The predicted molar refractivity (Wildman–Crippen MR) is 96.7 cm³/mol. The summed E-state index contributed by atoms with van der Waals surface area (Å²) >= 11 is 0. The summed E-state index contributed by atoms with van der Waals surface area (Å²) < 4.78 is 0. The number of Topliss-reactive ketones (excluding diaryl/α,β-unsaturated/α-hetero) is 1. The van der Waals surface area contributed by atoms with Gasteiger partial charge in [-0.3, -0.25) is 0 Å². The first kappa shape index (κ1) is 28.1. The summed E-state index contributed by atoms with van der Waals surface area (Å²) in [5.74, 6) is 0.197. The van der Waals surface area contributed by atoms with Crippen LogP contribution in [0.15, 0.2) is 5.16 Å². The van der Waals surface area contributed by atoms with E-state index in [0.717, 1.165) is 25.0 Å². The molecule has 1 atom stereocenters. The van der Waals surface area contributed by atoms with Crippen LogP contribution in [-0.4, -0.2) is 18.1 Å². The van der Waals surface area contributed by atoms with Gasteiger partial charge in [0.2, 0.25) is 0 Å². The second-order valence-electron chi connectivity index (χ2n) is 7.94. The SMILES string of the molecule is [CH2-]C(CC(C)(C)C)C(=O)C(C)(C)C.[CH2-]CCO/N=C(\C)CC.[Y]. The smallest absolute Gasteiger partial charge is 0.111 e. The van der Waals surface area contributed by atoms with E-state index in [1.807, 2.05) is 34.6 Å². The topological polar surface area (TPSA) is 38.7 Å². The van der Waals surface area contributed by atoms with E-state index in [1.54, 1.807) is 0 Å². The van der Waals surface area contributed by atoms with Crippen molar-refractivity contribution in [1.29, 1.82) is 0 Å². The van der Waals surface area contributed by atoms with Crippen LogP contribution in [0.25, 0.3) is 0 Å². The van der Waals surface area contributed by atoms with Crippen molar-refractivity contribution >= 4 is 11.5 Å². The fraction of sp³-hybridized carbons (Fsp3) is 0.789. The van der Waals surface area contributed by atoms with Crippen LogP contribution >= 0.6 is 0 Å². The fourth-order valence-electron chi connectivity index (χ4n) is 1.73. The van der Waals surface area contributed by atoms with Gasteiger partial charge in [-0.15, -0.1) is 12.3 Å². The van der Waals surface area contributed by atoms with E-state index in [2.05, 4.69) is 39.8 Å². The maximum absolute atomic E-state index is 11.8. The summed E-state index contributed by atoms with van der Waals surface area (Å²) in [5, 5.41) is 3.81. The summed E-state index contributed by atoms with van der Waals surface area (Å²) in [6, 6.07) is 0. The molecule has 0 N–H and O–H groups in total. The predicted octanol–water partition coefficient (Wildman–Crippen LogP) is 5.50. The van der Waals surface area contributed by atoms with Crippen LogP contribution in [0.2, 0.25) is 0 Å². The van der Waals surface area contributed by atoms with E-state index in [1.165, 1.54) is 0 Å². The van der Waals surface area contributed by atoms with Gasteiger partial charge >= 0.3 is 0 Å². The zero-order chi connectivity index (χ0) is 18.0. The van der Waals surface area contributed by atoms with Crippen molar-refractivity contribution in [2.24, 2.45) is 21.9 Å². The van der Waals surface area contributed by atoms with E-state index in [9.17, 15) is 4.79 Å². The first-order chi connectivity index (χ1) is 9.85. The Labute approximate surface area is 170 Å². The molecule has 0 aliphatic rings. The van der Waals surface area contributed by atoms with Gasteiger partial charge < -0.3 is 23.5 Å². The minimum atomic E-state index is -0.252. The molecule has 0 aromatic carbocycles. The van der Waals surface area contributed by atoms with Crippen molar-refractivity contribution in [2.45, 2.75) is 74.7 Å². The molecule has 23 heavy (non-hydrogen) atoms. The Morgan fingerprint density at radius 3 is 1.96 bits per heavy atom. The third-order valence-electron chi connectivity index (χ3n) is 2.94. The molecule has 0 amide bonds. The molecule has 0 bridgehead atoms. The van der Waals surface area contributed by atoms with Crippen LogP contribution < -0.4 is 0 Å². The molecule has 0 spiro atoms. The number of hydrogen-bond donors (Lipinski definition) is 0. The standard InChI is InChI=1S/C12H23O.C7H14NO.Y/c1-9(8-11(2,3)4)10(13)12(5,6)7;1-4-6-9-8-7(3)5-2;/h9H,1,8H2,2-7H3;1,4-6H2,2-3H3;/q2*-1;/b;8-7+;. The number of carbonyl (C=O) groups excluding carboxylic acids is 1. The van der Waals surface area contributed by atoms with Crippen molar-refractivity contribution < 1.29 is 42.3 Å². The maximum atomic E-state index is 11.8. The Hall–Kier alpha value is 0.244. The van der Waals surface area contributed by atoms with Gasteiger partial charge in [0.15, 0.2) is 0 Å². The van der Waals surface area contributed by atoms with Crippen LogP contribution in [0.1, 0.15) is 74.7 Å². The van der Waals surface area contributed by atoms with Crippen LogP contribution in [0.5, 0.6) is 0 Å². The van der Waals surface area contributed by atoms with Gasteiger partial charge in [-0.05, 0) is 18.8 Å². The molecule has 0 rings (SSSR count). The molecule has 4 heteroatoms. The average Bonchev–Trinajstić information content (AvgIpc) is 2.35. The summed E-state index contributed by atoms with van der Waals surface area (Å²) in [4.78, 5) is 16.6. The zero-order valence-corrected chi connectivity index (χ0v) is 19.5. The molecule has 0 aromatic rings. The fourth-order valence-corrected chi connectivity index (χ4v) is 1.73. The quantitative estimate of drug-likeness (QED) is 0.256. The van der Waals surface area contributed by atoms with Crippen molar-refractivity contribution in [3.63, 3.8) is 0 Å². The van der Waals surface area contributed by atoms with Gasteiger partial charge in [0.25, 0.3) is 0 Å². The van der Waals surface area contributed by atoms with E-state index < -0.39 is 0 Å². The molecule has 135 valence electrons. The molecule has 0 aromatic heterocycles. The first-order valence-electron chi connectivity index (χ1n) is 8.17. The van der Waals surface area contributed by atoms with E-state index in [0.29, 0.717) is 6.61 Å². The van der Waals surface area contributed by atoms with Gasteiger partial charge in [0.1, 0.15) is 5.78 Å². The molecule has 0 fully saturated rings. The molecular weight excluding hydrogens is 363 g/mol.